The van der Waals surface area contributed by atoms with Crippen LogP contribution in [-0.2, 0) is 10.0 Å². The quantitative estimate of drug-likeness (QED) is 0.653. The van der Waals surface area contributed by atoms with E-state index in [2.05, 4.69) is 12.1 Å². The van der Waals surface area contributed by atoms with Gasteiger partial charge in [0.2, 0.25) is 10.0 Å². The highest BCUT2D eigenvalue weighted by atomic mass is 32.2. The van der Waals surface area contributed by atoms with Crippen molar-refractivity contribution < 1.29 is 13.3 Å². The molecule has 1 heterocycles. The van der Waals surface area contributed by atoms with Gasteiger partial charge in [-0.25, -0.2) is 13.6 Å². The van der Waals surface area contributed by atoms with Crippen LogP contribution in [0.25, 0.3) is 0 Å². The summed E-state index contributed by atoms with van der Waals surface area (Å²) in [6.45, 7) is 1.42. The Hall–Kier alpha value is -2.45. The van der Waals surface area contributed by atoms with E-state index in [-0.39, 0.29) is 10.6 Å². The fourth-order valence-electron chi connectivity index (χ4n) is 3.43. The Morgan fingerprint density at radius 1 is 1.08 bits per heavy atom. The summed E-state index contributed by atoms with van der Waals surface area (Å²) in [5, 5.41) is 16.4. The van der Waals surface area contributed by atoms with Crippen molar-refractivity contribution in [1.29, 1.82) is 0 Å². The van der Waals surface area contributed by atoms with Crippen molar-refractivity contribution in [3.05, 3.63) is 64.2 Å². The molecule has 0 aliphatic carbocycles. The van der Waals surface area contributed by atoms with Gasteiger partial charge in [-0.2, -0.15) is 0 Å². The predicted molar refractivity (Wildman–Crippen MR) is 99.7 cm³/mol. The highest BCUT2D eigenvalue weighted by Gasteiger charge is 2.22. The molecule has 1 unspecified atom stereocenters. The van der Waals surface area contributed by atoms with Crippen LogP contribution in [0.5, 0.6) is 0 Å². The van der Waals surface area contributed by atoms with Crippen LogP contribution in [0.4, 0.5) is 11.4 Å². The van der Waals surface area contributed by atoms with E-state index in [0.717, 1.165) is 25.3 Å². The molecule has 0 bridgehead atoms. The summed E-state index contributed by atoms with van der Waals surface area (Å²) in [6.07, 6.45) is 2.85. The van der Waals surface area contributed by atoms with Crippen LogP contribution < -0.4 is 10.0 Å². The maximum Gasteiger partial charge on any atom is 0.272 e. The fraction of sp³-hybridized carbons (Fsp3) is 0.333. The van der Waals surface area contributed by atoms with Crippen LogP contribution in [0.2, 0.25) is 0 Å². The maximum absolute atomic E-state index is 11.7. The Morgan fingerprint density at radius 3 is 2.46 bits per heavy atom. The molecule has 3 rings (SSSR count). The lowest BCUT2D eigenvalue weighted by Crippen LogP contribution is -2.25. The number of benzene rings is 2. The van der Waals surface area contributed by atoms with Gasteiger partial charge in [0, 0.05) is 30.9 Å². The summed E-state index contributed by atoms with van der Waals surface area (Å²) in [5.74, 6) is 0.428. The van der Waals surface area contributed by atoms with E-state index in [4.69, 9.17) is 5.14 Å². The summed E-state index contributed by atoms with van der Waals surface area (Å²) >= 11 is 0. The highest BCUT2D eigenvalue weighted by Crippen LogP contribution is 2.32. The van der Waals surface area contributed by atoms with Gasteiger partial charge in [-0.3, -0.25) is 10.1 Å². The minimum absolute atomic E-state index is 0.231. The number of rotatable bonds is 4. The van der Waals surface area contributed by atoms with Gasteiger partial charge in [-0.1, -0.05) is 30.3 Å². The predicted octanol–water partition coefficient (Wildman–Crippen LogP) is 3.02. The second-order valence-electron chi connectivity index (χ2n) is 6.51. The summed E-state index contributed by atoms with van der Waals surface area (Å²) in [5.41, 5.74) is 1.55. The number of sulfonamides is 1. The van der Waals surface area contributed by atoms with Gasteiger partial charge in [-0.15, -0.1) is 0 Å². The van der Waals surface area contributed by atoms with Crippen LogP contribution in [0, 0.1) is 10.1 Å². The molecule has 2 aromatic carbocycles. The van der Waals surface area contributed by atoms with Crippen LogP contribution in [0.15, 0.2) is 53.4 Å². The third-order valence-corrected chi connectivity index (χ3v) is 5.67. The number of non-ortho nitro benzene ring substituents is 1. The summed E-state index contributed by atoms with van der Waals surface area (Å²) in [6, 6.07) is 14.1. The lowest BCUT2D eigenvalue weighted by Gasteiger charge is -2.23. The van der Waals surface area contributed by atoms with Gasteiger partial charge in [0.05, 0.1) is 9.82 Å². The maximum atomic E-state index is 11.7. The monoisotopic (exact) mass is 375 g/mol. The lowest BCUT2D eigenvalue weighted by molar-refractivity contribution is -0.385. The first-order valence-electron chi connectivity index (χ1n) is 8.47. The minimum atomic E-state index is -4.01. The molecule has 26 heavy (non-hydrogen) atoms. The number of hydrogen-bond donors (Lipinski definition) is 1. The first-order valence-corrected chi connectivity index (χ1v) is 10.0. The van der Waals surface area contributed by atoms with Crippen molar-refractivity contribution >= 4 is 21.4 Å². The number of primary sulfonamides is 1. The van der Waals surface area contributed by atoms with E-state index < -0.39 is 14.9 Å². The number of nitrogens with two attached hydrogens (primary N) is 1. The molecule has 7 nitrogen and oxygen atoms in total. The van der Waals surface area contributed by atoms with Crippen LogP contribution >= 0.6 is 0 Å². The van der Waals surface area contributed by atoms with E-state index in [1.165, 1.54) is 17.7 Å². The molecule has 1 saturated heterocycles. The van der Waals surface area contributed by atoms with Gasteiger partial charge >= 0.3 is 0 Å². The molecule has 1 fully saturated rings. The first-order chi connectivity index (χ1) is 12.3. The number of nitro groups is 1. The number of anilines is 1. The molecule has 0 aromatic heterocycles. The normalized spacial score (nSPS) is 18.3. The first kappa shape index (κ1) is 18.3. The van der Waals surface area contributed by atoms with E-state index in [0.29, 0.717) is 24.7 Å². The molecule has 0 amide bonds. The van der Waals surface area contributed by atoms with E-state index in [1.807, 2.05) is 23.1 Å². The summed E-state index contributed by atoms with van der Waals surface area (Å²) in [7, 11) is -4.01. The van der Waals surface area contributed by atoms with Crippen molar-refractivity contribution in [2.75, 3.05) is 18.0 Å². The van der Waals surface area contributed by atoms with Crippen molar-refractivity contribution in [2.45, 2.75) is 30.1 Å². The Labute approximate surface area is 152 Å². The van der Waals surface area contributed by atoms with E-state index >= 15 is 0 Å². The molecular formula is C18H21N3O4S. The molecule has 138 valence electrons. The molecule has 1 aliphatic rings. The van der Waals surface area contributed by atoms with Gasteiger partial charge in [0.15, 0.2) is 0 Å². The Kier molecular flexibility index (Phi) is 5.24. The molecule has 1 aliphatic heterocycles. The molecule has 0 radical (unpaired) electrons. The zero-order valence-corrected chi connectivity index (χ0v) is 15.1. The van der Waals surface area contributed by atoms with Crippen molar-refractivity contribution in [3.8, 4) is 0 Å². The molecule has 2 aromatic rings. The van der Waals surface area contributed by atoms with Crippen molar-refractivity contribution in [1.82, 2.24) is 0 Å². The zero-order valence-electron chi connectivity index (χ0n) is 14.2. The van der Waals surface area contributed by atoms with Crippen LogP contribution in [0.3, 0.4) is 0 Å². The number of nitrogens with zero attached hydrogens (tertiary/aromatic N) is 2. The molecule has 0 spiro atoms. The smallest absolute Gasteiger partial charge is 0.272 e. The molecule has 1 atom stereocenters. The molecular weight excluding hydrogens is 354 g/mol. The summed E-state index contributed by atoms with van der Waals surface area (Å²) < 4.78 is 23.4. The zero-order chi connectivity index (χ0) is 18.7. The van der Waals surface area contributed by atoms with Gasteiger partial charge in [-0.05, 0) is 36.8 Å². The van der Waals surface area contributed by atoms with E-state index in [1.54, 1.807) is 0 Å². The second kappa shape index (κ2) is 7.43. The molecule has 0 saturated carbocycles. The molecule has 2 N–H and O–H groups in total. The van der Waals surface area contributed by atoms with Crippen LogP contribution in [-0.4, -0.2) is 26.4 Å². The second-order valence-corrected chi connectivity index (χ2v) is 8.07. The van der Waals surface area contributed by atoms with Gasteiger partial charge < -0.3 is 4.90 Å². The minimum Gasteiger partial charge on any atom is -0.371 e. The van der Waals surface area contributed by atoms with Crippen LogP contribution in [0.1, 0.15) is 30.7 Å². The Balaban J connectivity index is 1.87. The van der Waals surface area contributed by atoms with E-state index in [9.17, 15) is 18.5 Å². The van der Waals surface area contributed by atoms with Gasteiger partial charge in [0.25, 0.3) is 5.69 Å². The van der Waals surface area contributed by atoms with Gasteiger partial charge in [0.1, 0.15) is 0 Å². The molecule has 8 heteroatoms. The standard InChI is InChI=1S/C18H21N3O4S/c19-26(24,25)18-12-16(11-17(13-18)21(22)23)20-9-4-7-15(8-10-20)14-5-2-1-3-6-14/h1-3,5-6,11-13,15H,4,7-10H2,(H2,19,24,25). The topological polar surface area (TPSA) is 107 Å². The Bertz CT molecular complexity index is 900. The van der Waals surface area contributed by atoms with Crippen molar-refractivity contribution in [3.63, 3.8) is 0 Å². The van der Waals surface area contributed by atoms with Crippen molar-refractivity contribution in [2.24, 2.45) is 5.14 Å². The number of hydrogen-bond acceptors (Lipinski definition) is 5. The largest absolute Gasteiger partial charge is 0.371 e. The number of nitro benzene ring substituents is 1. The summed E-state index contributed by atoms with van der Waals surface area (Å²) in [4.78, 5) is 12.4. The lowest BCUT2D eigenvalue weighted by atomic mass is 9.92. The third-order valence-electron chi connectivity index (χ3n) is 4.78. The average molecular weight is 375 g/mol. The Morgan fingerprint density at radius 2 is 1.81 bits per heavy atom. The average Bonchev–Trinajstić information content (AvgIpc) is 2.87. The SMILES string of the molecule is NS(=O)(=O)c1cc(N2CCCC(c3ccccc3)CC2)cc([N+](=O)[O-])c1. The third kappa shape index (κ3) is 4.20. The highest BCUT2D eigenvalue weighted by molar-refractivity contribution is 7.89. The fourth-order valence-corrected chi connectivity index (χ4v) is 4.00.